The SMILES string of the molecule is CCCCc1ccc(-c2cc(C(=O)O)c(O)cn2)cc1C#N. The number of nitriles is 1. The number of pyridine rings is 1. The lowest BCUT2D eigenvalue weighted by molar-refractivity contribution is 0.0693. The van der Waals surface area contributed by atoms with Crippen molar-refractivity contribution in [2.45, 2.75) is 26.2 Å². The molecule has 0 saturated heterocycles. The minimum absolute atomic E-state index is 0.210. The molecule has 1 heterocycles. The number of carbonyl (C=O) groups is 1. The van der Waals surface area contributed by atoms with Gasteiger partial charge >= 0.3 is 5.97 Å². The molecule has 0 unspecified atom stereocenters. The molecule has 0 saturated carbocycles. The van der Waals surface area contributed by atoms with Crippen LogP contribution in [0.5, 0.6) is 5.75 Å². The minimum Gasteiger partial charge on any atom is -0.505 e. The highest BCUT2D eigenvalue weighted by Gasteiger charge is 2.13. The lowest BCUT2D eigenvalue weighted by Gasteiger charge is -2.08. The molecule has 2 N–H and O–H groups in total. The highest BCUT2D eigenvalue weighted by atomic mass is 16.4. The van der Waals surface area contributed by atoms with Crippen molar-refractivity contribution in [1.82, 2.24) is 4.98 Å². The standard InChI is InChI=1S/C17H16N2O3/c1-2-3-4-11-5-6-12(7-13(11)9-18)15-8-14(17(21)22)16(20)10-19-15/h5-8,10,20H,2-4H2,1H3,(H,21,22). The first kappa shape index (κ1) is 15.5. The molecule has 0 aliphatic heterocycles. The molecule has 5 nitrogen and oxygen atoms in total. The van der Waals surface area contributed by atoms with E-state index in [9.17, 15) is 15.2 Å². The highest BCUT2D eigenvalue weighted by molar-refractivity contribution is 5.91. The van der Waals surface area contributed by atoms with E-state index in [1.165, 1.54) is 6.07 Å². The molecule has 1 aromatic carbocycles. The van der Waals surface area contributed by atoms with Gasteiger partial charge in [-0.15, -0.1) is 0 Å². The van der Waals surface area contributed by atoms with Gasteiger partial charge in [-0.25, -0.2) is 4.79 Å². The number of carboxylic acids is 1. The summed E-state index contributed by atoms with van der Waals surface area (Å²) in [6, 6.07) is 8.87. The molecule has 0 bridgehead atoms. The first-order chi connectivity index (χ1) is 10.6. The van der Waals surface area contributed by atoms with Crippen molar-refractivity contribution < 1.29 is 15.0 Å². The molecule has 0 fully saturated rings. The summed E-state index contributed by atoms with van der Waals surface area (Å²) >= 11 is 0. The van der Waals surface area contributed by atoms with Gasteiger partial charge in [-0.05, 0) is 30.5 Å². The van der Waals surface area contributed by atoms with Gasteiger partial charge in [0.05, 0.1) is 23.5 Å². The monoisotopic (exact) mass is 296 g/mol. The van der Waals surface area contributed by atoms with E-state index in [0.29, 0.717) is 16.8 Å². The molecule has 2 aromatic rings. The topological polar surface area (TPSA) is 94.2 Å². The van der Waals surface area contributed by atoms with Gasteiger partial charge in [0.15, 0.2) is 0 Å². The first-order valence-electron chi connectivity index (χ1n) is 7.02. The lowest BCUT2D eigenvalue weighted by Crippen LogP contribution is -1.99. The van der Waals surface area contributed by atoms with Crippen molar-refractivity contribution in [3.05, 3.63) is 47.2 Å². The fraction of sp³-hybridized carbons (Fsp3) is 0.235. The Labute approximate surface area is 128 Å². The highest BCUT2D eigenvalue weighted by Crippen LogP contribution is 2.25. The molecule has 0 aliphatic rings. The zero-order valence-electron chi connectivity index (χ0n) is 12.2. The van der Waals surface area contributed by atoms with Crippen LogP contribution in [0.15, 0.2) is 30.5 Å². The van der Waals surface area contributed by atoms with Crippen LogP contribution in [-0.2, 0) is 6.42 Å². The maximum Gasteiger partial charge on any atom is 0.339 e. The summed E-state index contributed by atoms with van der Waals surface area (Å²) in [7, 11) is 0. The molecule has 2 rings (SSSR count). The lowest BCUT2D eigenvalue weighted by atomic mass is 9.98. The third-order valence-corrected chi connectivity index (χ3v) is 3.44. The number of aromatic carboxylic acids is 1. The smallest absolute Gasteiger partial charge is 0.339 e. The van der Waals surface area contributed by atoms with Crippen LogP contribution in [0, 0.1) is 11.3 Å². The van der Waals surface area contributed by atoms with Gasteiger partial charge in [0.1, 0.15) is 11.3 Å². The zero-order valence-corrected chi connectivity index (χ0v) is 12.2. The van der Waals surface area contributed by atoms with Crippen LogP contribution in [0.4, 0.5) is 0 Å². The Morgan fingerprint density at radius 3 is 2.77 bits per heavy atom. The molecule has 1 aromatic heterocycles. The van der Waals surface area contributed by atoms with Gasteiger partial charge in [-0.1, -0.05) is 25.5 Å². The molecular weight excluding hydrogens is 280 g/mol. The van der Waals surface area contributed by atoms with Crippen LogP contribution in [0.2, 0.25) is 0 Å². The van der Waals surface area contributed by atoms with E-state index >= 15 is 0 Å². The summed E-state index contributed by atoms with van der Waals surface area (Å²) < 4.78 is 0. The molecule has 0 amide bonds. The molecular formula is C17H16N2O3. The fourth-order valence-electron chi connectivity index (χ4n) is 2.20. The second kappa shape index (κ2) is 6.72. The fourth-order valence-corrected chi connectivity index (χ4v) is 2.20. The van der Waals surface area contributed by atoms with Gasteiger partial charge in [0.25, 0.3) is 0 Å². The second-order valence-electron chi connectivity index (χ2n) is 4.98. The minimum atomic E-state index is -1.22. The third kappa shape index (κ3) is 3.23. The largest absolute Gasteiger partial charge is 0.505 e. The Bertz CT molecular complexity index is 748. The van der Waals surface area contributed by atoms with Crippen LogP contribution in [0.1, 0.15) is 41.3 Å². The normalized spacial score (nSPS) is 10.2. The Hall–Kier alpha value is -2.87. The number of benzene rings is 1. The zero-order chi connectivity index (χ0) is 16.1. The summed E-state index contributed by atoms with van der Waals surface area (Å²) in [5.41, 5.74) is 2.40. The maximum absolute atomic E-state index is 11.1. The van der Waals surface area contributed by atoms with Crippen LogP contribution >= 0.6 is 0 Å². The molecule has 5 heteroatoms. The van der Waals surface area contributed by atoms with Crippen molar-refractivity contribution in [1.29, 1.82) is 5.26 Å². The average Bonchev–Trinajstić information content (AvgIpc) is 2.53. The third-order valence-electron chi connectivity index (χ3n) is 3.44. The van der Waals surface area contributed by atoms with Gasteiger partial charge < -0.3 is 10.2 Å². The van der Waals surface area contributed by atoms with Crippen LogP contribution in [0.25, 0.3) is 11.3 Å². The van der Waals surface area contributed by atoms with Crippen LogP contribution < -0.4 is 0 Å². The number of hydrogen-bond acceptors (Lipinski definition) is 4. The molecule has 0 aliphatic carbocycles. The summed E-state index contributed by atoms with van der Waals surface area (Å²) in [5, 5.41) is 27.8. The van der Waals surface area contributed by atoms with E-state index in [1.54, 1.807) is 6.07 Å². The van der Waals surface area contributed by atoms with E-state index in [1.807, 2.05) is 12.1 Å². The molecule has 0 atom stereocenters. The van der Waals surface area contributed by atoms with E-state index in [-0.39, 0.29) is 11.3 Å². The van der Waals surface area contributed by atoms with Crippen molar-refractivity contribution in [2.75, 3.05) is 0 Å². The summed E-state index contributed by atoms with van der Waals surface area (Å²) in [5.74, 6) is -1.60. The molecule has 112 valence electrons. The van der Waals surface area contributed by atoms with E-state index in [0.717, 1.165) is 31.0 Å². The van der Waals surface area contributed by atoms with Gasteiger partial charge in [-0.3, -0.25) is 4.98 Å². The van der Waals surface area contributed by atoms with Crippen molar-refractivity contribution in [3.8, 4) is 23.1 Å². The van der Waals surface area contributed by atoms with Crippen molar-refractivity contribution in [2.24, 2.45) is 0 Å². The Morgan fingerprint density at radius 2 is 2.14 bits per heavy atom. The second-order valence-corrected chi connectivity index (χ2v) is 4.98. The number of rotatable bonds is 5. The van der Waals surface area contributed by atoms with Crippen molar-refractivity contribution in [3.63, 3.8) is 0 Å². The first-order valence-corrected chi connectivity index (χ1v) is 7.02. The number of aromatic hydroxyl groups is 1. The summed E-state index contributed by atoms with van der Waals surface area (Å²) in [6.45, 7) is 2.09. The molecule has 22 heavy (non-hydrogen) atoms. The molecule has 0 radical (unpaired) electrons. The predicted molar refractivity (Wildman–Crippen MR) is 81.6 cm³/mol. The predicted octanol–water partition coefficient (Wildman–Crippen LogP) is 3.37. The average molecular weight is 296 g/mol. The Morgan fingerprint density at radius 1 is 1.36 bits per heavy atom. The number of carboxylic acid groups (broad SMARTS) is 1. The van der Waals surface area contributed by atoms with E-state index in [4.69, 9.17) is 5.11 Å². The van der Waals surface area contributed by atoms with E-state index in [2.05, 4.69) is 18.0 Å². The van der Waals surface area contributed by atoms with Gasteiger partial charge in [0.2, 0.25) is 0 Å². The van der Waals surface area contributed by atoms with Crippen LogP contribution in [0.3, 0.4) is 0 Å². The Balaban J connectivity index is 2.43. The van der Waals surface area contributed by atoms with E-state index < -0.39 is 5.97 Å². The summed E-state index contributed by atoms with van der Waals surface area (Å²) in [6.07, 6.45) is 4.00. The number of hydrogen-bond donors (Lipinski definition) is 2. The molecule has 0 spiro atoms. The van der Waals surface area contributed by atoms with Crippen LogP contribution in [-0.4, -0.2) is 21.2 Å². The van der Waals surface area contributed by atoms with Crippen molar-refractivity contribution >= 4 is 5.97 Å². The number of aromatic nitrogens is 1. The number of unbranched alkanes of at least 4 members (excludes halogenated alkanes) is 1. The quantitative estimate of drug-likeness (QED) is 0.882. The maximum atomic E-state index is 11.1. The van der Waals surface area contributed by atoms with Gasteiger partial charge in [-0.2, -0.15) is 5.26 Å². The number of nitrogens with zero attached hydrogens (tertiary/aromatic N) is 2. The summed E-state index contributed by atoms with van der Waals surface area (Å²) in [4.78, 5) is 15.1. The van der Waals surface area contributed by atoms with Gasteiger partial charge in [0, 0.05) is 5.56 Å². The number of aryl methyl sites for hydroxylation is 1. The Kier molecular flexibility index (Phi) is 4.74.